The number of likely N-dealkylation sites (N-methyl/N-ethyl adjacent to an activating group) is 1. The number of nitrogens with zero attached hydrogens (tertiary/aromatic N) is 6. The van der Waals surface area contributed by atoms with Crippen LogP contribution in [0.5, 0.6) is 0 Å². The molecule has 2 aliphatic heterocycles. The number of likely N-dealkylation sites (tertiary alicyclic amines) is 1. The molecule has 53 heavy (non-hydrogen) atoms. The Morgan fingerprint density at radius 1 is 1.13 bits per heavy atom. The van der Waals surface area contributed by atoms with Crippen molar-refractivity contribution >= 4 is 65.0 Å². The number of H-pyrrole nitrogens is 1. The topological polar surface area (TPSA) is 176 Å². The van der Waals surface area contributed by atoms with Crippen molar-refractivity contribution in [2.75, 3.05) is 50.3 Å². The SMILES string of the molecule is CN1CC2CCN(c3c(-c4cnc5c(c4)c(=O)c(C(=O)O)cn5C)cnc4[nH]c5c(N(C)C(=O)OCOP(O)OC(C)(C)C)cc(F)c(F)c5c34)C2C1. The number of aromatic amines is 1. The Morgan fingerprint density at radius 3 is 2.60 bits per heavy atom. The van der Waals surface area contributed by atoms with Gasteiger partial charge in [0.25, 0.3) is 0 Å². The van der Waals surface area contributed by atoms with Crippen LogP contribution in [0.25, 0.3) is 44.1 Å². The number of pyridine rings is 3. The van der Waals surface area contributed by atoms with Crippen LogP contribution in [0.1, 0.15) is 37.6 Å². The van der Waals surface area contributed by atoms with Gasteiger partial charge >= 0.3 is 20.7 Å². The van der Waals surface area contributed by atoms with Gasteiger partial charge in [-0.3, -0.25) is 14.2 Å². The van der Waals surface area contributed by atoms with Crippen LogP contribution in [0.3, 0.4) is 0 Å². The number of amides is 1. The van der Waals surface area contributed by atoms with Crippen LogP contribution in [0, 0.1) is 17.6 Å². The molecule has 2 fully saturated rings. The number of carbonyl (C=O) groups excluding carboxylic acids is 1. The predicted octanol–water partition coefficient (Wildman–Crippen LogP) is 5.33. The Bertz CT molecular complexity index is 2360. The van der Waals surface area contributed by atoms with Crippen LogP contribution in [-0.4, -0.2) is 98.6 Å². The first kappa shape index (κ1) is 36.6. The van der Waals surface area contributed by atoms with E-state index in [-0.39, 0.29) is 44.7 Å². The molecule has 7 rings (SSSR count). The molecule has 3 unspecified atom stereocenters. The van der Waals surface area contributed by atoms with Gasteiger partial charge in [-0.05, 0) is 46.2 Å². The number of nitrogens with one attached hydrogen (secondary N) is 1. The van der Waals surface area contributed by atoms with Crippen molar-refractivity contribution in [2.24, 2.45) is 13.0 Å². The molecular formula is C35H38F2N7O8P. The van der Waals surface area contributed by atoms with E-state index in [4.69, 9.17) is 13.8 Å². The van der Waals surface area contributed by atoms with Gasteiger partial charge in [0, 0.05) is 75.6 Å². The number of aromatic nitrogens is 4. The van der Waals surface area contributed by atoms with Gasteiger partial charge in [0.1, 0.15) is 16.9 Å². The van der Waals surface area contributed by atoms with Crippen molar-refractivity contribution in [3.63, 3.8) is 0 Å². The molecule has 0 aliphatic carbocycles. The number of ether oxygens (including phenoxy) is 1. The molecule has 1 aromatic carbocycles. The molecule has 0 spiro atoms. The van der Waals surface area contributed by atoms with Gasteiger partial charge in [-0.25, -0.2) is 28.3 Å². The summed E-state index contributed by atoms with van der Waals surface area (Å²) >= 11 is 0. The van der Waals surface area contributed by atoms with E-state index in [2.05, 4.69) is 24.8 Å². The molecule has 15 nitrogen and oxygen atoms in total. The lowest BCUT2D eigenvalue weighted by molar-refractivity contribution is 0.0298. The normalized spacial score (nSPS) is 18.3. The van der Waals surface area contributed by atoms with Gasteiger partial charge in [0.2, 0.25) is 12.2 Å². The fourth-order valence-corrected chi connectivity index (χ4v) is 8.06. The largest absolute Gasteiger partial charge is 0.477 e. The Balaban J connectivity index is 1.39. The van der Waals surface area contributed by atoms with Crippen LogP contribution in [0.4, 0.5) is 25.0 Å². The van der Waals surface area contributed by atoms with Crippen molar-refractivity contribution in [3.8, 4) is 11.1 Å². The van der Waals surface area contributed by atoms with Crippen LogP contribution in [0.15, 0.2) is 35.5 Å². The molecule has 3 atom stereocenters. The molecule has 2 aliphatic rings. The number of carboxylic acid groups (broad SMARTS) is 1. The summed E-state index contributed by atoms with van der Waals surface area (Å²) in [6.07, 6.45) is 4.17. The fourth-order valence-electron chi connectivity index (χ4n) is 7.39. The van der Waals surface area contributed by atoms with Crippen molar-refractivity contribution in [2.45, 2.75) is 38.8 Å². The van der Waals surface area contributed by atoms with E-state index in [9.17, 15) is 24.4 Å². The molecule has 1 amide bonds. The van der Waals surface area contributed by atoms with Gasteiger partial charge in [-0.1, -0.05) is 0 Å². The molecule has 0 saturated carbocycles. The number of aryl methyl sites for hydroxylation is 1. The second-order valence-corrected chi connectivity index (χ2v) is 15.3. The first-order valence-corrected chi connectivity index (χ1v) is 17.9. The number of hydrogen-bond donors (Lipinski definition) is 3. The minimum atomic E-state index is -2.36. The number of aromatic carboxylic acids is 1. The number of hydrogen-bond acceptors (Lipinski definition) is 11. The van der Waals surface area contributed by atoms with Gasteiger partial charge in [0.15, 0.2) is 11.6 Å². The Kier molecular flexibility index (Phi) is 9.35. The second kappa shape index (κ2) is 13.6. The van der Waals surface area contributed by atoms with Crippen molar-refractivity contribution < 1.29 is 42.2 Å². The Labute approximate surface area is 302 Å². The third kappa shape index (κ3) is 6.56. The smallest absolute Gasteiger partial charge is 0.416 e. The van der Waals surface area contributed by atoms with Gasteiger partial charge in [-0.15, -0.1) is 0 Å². The molecular weight excluding hydrogens is 715 g/mol. The summed E-state index contributed by atoms with van der Waals surface area (Å²) in [6.45, 7) is 6.64. The maximum absolute atomic E-state index is 16.2. The highest BCUT2D eigenvalue weighted by molar-refractivity contribution is 7.40. The minimum absolute atomic E-state index is 0.0159. The average Bonchev–Trinajstić information content (AvgIpc) is 3.78. The van der Waals surface area contributed by atoms with Crippen LogP contribution >= 0.6 is 8.60 Å². The quantitative estimate of drug-likeness (QED) is 0.138. The molecule has 0 radical (unpaired) electrons. The molecule has 5 aromatic rings. The van der Waals surface area contributed by atoms with E-state index in [1.807, 2.05) is 7.05 Å². The lowest BCUT2D eigenvalue weighted by Gasteiger charge is -2.29. The number of halogens is 2. The molecule has 280 valence electrons. The predicted molar refractivity (Wildman–Crippen MR) is 194 cm³/mol. The maximum Gasteiger partial charge on any atom is 0.416 e. The first-order valence-electron chi connectivity index (χ1n) is 16.8. The summed E-state index contributed by atoms with van der Waals surface area (Å²) in [5.74, 6) is -3.47. The van der Waals surface area contributed by atoms with Crippen molar-refractivity contribution in [1.29, 1.82) is 0 Å². The molecule has 6 heterocycles. The van der Waals surface area contributed by atoms with E-state index in [1.165, 1.54) is 24.0 Å². The molecule has 2 saturated heterocycles. The lowest BCUT2D eigenvalue weighted by atomic mass is 9.99. The highest BCUT2D eigenvalue weighted by Gasteiger charge is 2.42. The van der Waals surface area contributed by atoms with Gasteiger partial charge in [-0.2, -0.15) is 0 Å². The van der Waals surface area contributed by atoms with Crippen molar-refractivity contribution in [3.05, 3.63) is 58.1 Å². The Morgan fingerprint density at radius 2 is 1.89 bits per heavy atom. The number of benzene rings is 1. The number of carboxylic acids is 1. The summed E-state index contributed by atoms with van der Waals surface area (Å²) in [5, 5.41) is 9.87. The number of fused-ring (bicyclic) bond motifs is 5. The van der Waals surface area contributed by atoms with Crippen LogP contribution in [-0.2, 0) is 20.8 Å². The monoisotopic (exact) mass is 753 g/mol. The second-order valence-electron chi connectivity index (χ2n) is 14.4. The fraction of sp³-hybridized carbons (Fsp3) is 0.400. The molecule has 4 aromatic heterocycles. The summed E-state index contributed by atoms with van der Waals surface area (Å²) in [5.41, 5.74) is 0.0727. The average molecular weight is 754 g/mol. The third-order valence-corrected chi connectivity index (χ3v) is 10.7. The number of rotatable bonds is 8. The van der Waals surface area contributed by atoms with Gasteiger partial charge < -0.3 is 38.6 Å². The van der Waals surface area contributed by atoms with Crippen LogP contribution in [0.2, 0.25) is 0 Å². The van der Waals surface area contributed by atoms with Gasteiger partial charge in [0.05, 0.1) is 38.7 Å². The zero-order valence-electron chi connectivity index (χ0n) is 29.8. The molecule has 3 N–H and O–H groups in total. The summed E-state index contributed by atoms with van der Waals surface area (Å²) in [7, 11) is 2.57. The van der Waals surface area contributed by atoms with Crippen LogP contribution < -0.4 is 15.2 Å². The van der Waals surface area contributed by atoms with E-state index >= 15 is 8.78 Å². The highest BCUT2D eigenvalue weighted by Crippen LogP contribution is 2.47. The maximum atomic E-state index is 16.2. The van der Waals surface area contributed by atoms with E-state index < -0.39 is 55.7 Å². The summed E-state index contributed by atoms with van der Waals surface area (Å²) < 4.78 is 48.9. The van der Waals surface area contributed by atoms with Crippen molar-refractivity contribution in [1.82, 2.24) is 24.4 Å². The molecule has 18 heteroatoms. The zero-order valence-corrected chi connectivity index (χ0v) is 30.7. The van der Waals surface area contributed by atoms with E-state index in [0.29, 0.717) is 35.8 Å². The van der Waals surface area contributed by atoms with E-state index in [1.54, 1.807) is 40.1 Å². The molecule has 0 bridgehead atoms. The summed E-state index contributed by atoms with van der Waals surface area (Å²) in [4.78, 5) is 66.0. The third-order valence-electron chi connectivity index (χ3n) is 9.65. The summed E-state index contributed by atoms with van der Waals surface area (Å²) in [6, 6.07) is 2.44. The lowest BCUT2D eigenvalue weighted by Crippen LogP contribution is -2.35. The minimum Gasteiger partial charge on any atom is -0.477 e. The number of anilines is 2. The highest BCUT2D eigenvalue weighted by atomic mass is 31.2. The van der Waals surface area contributed by atoms with E-state index in [0.717, 1.165) is 23.9 Å². The number of carbonyl (C=O) groups is 2. The standard InChI is InChI=1S/C35H38F2N7O8P/c1-35(2,3)52-53(49)51-16-50-34(48)43(6)23-10-22(36)27(37)25-26-29(44-8-7-17-13-41(4)15-24(17)44)20(12-38-31(26)40-28(23)25)18-9-19-30(45)21(33(46)47)14-42(5)32(19)39-11-18/h9-12,14,17,24,49H,7-8,13,15-16H2,1-6H3,(H,38,40)(H,46,47). The first-order chi connectivity index (χ1) is 25.0. The zero-order chi connectivity index (χ0) is 38.1. The Hall–Kier alpha value is -4.80.